The minimum Gasteiger partial charge on any atom is -0.392 e. The van der Waals surface area contributed by atoms with E-state index in [-0.39, 0.29) is 24.9 Å². The summed E-state index contributed by atoms with van der Waals surface area (Å²) in [6.45, 7) is 13.9. The lowest BCUT2D eigenvalue weighted by atomic mass is 10.1. The normalized spacial score (nSPS) is 11.6. The minimum absolute atomic E-state index is 0.00796. The van der Waals surface area contributed by atoms with Crippen molar-refractivity contribution in [2.24, 2.45) is 21.1 Å². The zero-order valence-electron chi connectivity index (χ0n) is 53.0. The second kappa shape index (κ2) is 36.4. The second-order valence-corrected chi connectivity index (χ2v) is 23.5. The van der Waals surface area contributed by atoms with E-state index in [0.29, 0.717) is 56.4 Å². The van der Waals surface area contributed by atoms with Crippen LogP contribution in [0.5, 0.6) is 0 Å². The Kier molecular flexibility index (Phi) is 28.3. The molecule has 3 aromatic carbocycles. The van der Waals surface area contributed by atoms with E-state index in [4.69, 9.17) is 54.0 Å². The fourth-order valence-electron chi connectivity index (χ4n) is 9.72. The highest BCUT2D eigenvalue weighted by atomic mass is 79.9. The number of ether oxygens (including phenoxy) is 3. The molecule has 3 atom stereocenters. The van der Waals surface area contributed by atoms with Gasteiger partial charge in [0, 0.05) is 173 Å². The summed E-state index contributed by atoms with van der Waals surface area (Å²) < 4.78 is 24.2. The first-order chi connectivity index (χ1) is 45.4. The lowest BCUT2D eigenvalue weighted by Gasteiger charge is -2.15. The number of fused-ring (bicyclic) bond motifs is 3. The first-order valence-electron chi connectivity index (χ1n) is 29.5. The summed E-state index contributed by atoms with van der Waals surface area (Å²) in [4.78, 5) is 69.8. The van der Waals surface area contributed by atoms with E-state index in [1.807, 2.05) is 149 Å². The van der Waals surface area contributed by atoms with Crippen molar-refractivity contribution in [3.05, 3.63) is 228 Å². The van der Waals surface area contributed by atoms with Crippen LogP contribution in [0.2, 0.25) is 15.1 Å². The Morgan fingerprint density at radius 2 is 0.798 bits per heavy atom. The van der Waals surface area contributed by atoms with Gasteiger partial charge in [-0.3, -0.25) is 44.3 Å². The average molecular weight is 1460 g/mol. The maximum atomic E-state index is 11.1. The van der Waals surface area contributed by atoms with Gasteiger partial charge in [0.25, 0.3) is 0 Å². The van der Waals surface area contributed by atoms with Crippen LogP contribution in [0.25, 0.3) is 67.3 Å². The molecule has 0 saturated carbocycles. The van der Waals surface area contributed by atoms with Crippen LogP contribution in [-0.4, -0.2) is 102 Å². The van der Waals surface area contributed by atoms with Gasteiger partial charge in [-0.25, -0.2) is 15.0 Å². The van der Waals surface area contributed by atoms with Crippen LogP contribution >= 0.6 is 66.7 Å². The number of hydrogen-bond acceptors (Lipinski definition) is 16. The largest absolute Gasteiger partial charge is 0.392 e. The number of halogens is 5. The van der Waals surface area contributed by atoms with E-state index in [2.05, 4.69) is 71.7 Å². The monoisotopic (exact) mass is 1450 g/mol. The molecule has 0 fully saturated rings. The van der Waals surface area contributed by atoms with E-state index in [0.717, 1.165) is 113 Å². The SMILES string of the molecule is CCOC(C)c1ccncc1-c1nc2ccc(Cl)cc2n1C.CCOC(C)c1ccncc1Br.CCOC(C)c1ccncc1C=O.Cn1c(-c2cnccc2C=O)nc2ccc(Cl)cc21.Cn1c(-c2cnccc2CO)nc2ccc(Cl)cc21.O=Cc1ccncc1Br. The smallest absolute Gasteiger partial charge is 0.151 e. The molecule has 1 N–H and O–H groups in total. The Bertz CT molecular complexity index is 4490. The highest BCUT2D eigenvalue weighted by Gasteiger charge is 2.19. The molecular formula is C70H69Br2Cl3N12O7. The van der Waals surface area contributed by atoms with Gasteiger partial charge in [-0.1, -0.05) is 34.8 Å². The number of rotatable bonds is 16. The highest BCUT2D eigenvalue weighted by molar-refractivity contribution is 9.10. The van der Waals surface area contributed by atoms with Gasteiger partial charge in [-0.2, -0.15) is 0 Å². The van der Waals surface area contributed by atoms with Crippen LogP contribution < -0.4 is 0 Å². The topological polar surface area (TPSA) is 230 Å². The Morgan fingerprint density at radius 3 is 1.24 bits per heavy atom. The summed E-state index contributed by atoms with van der Waals surface area (Å²) in [5.74, 6) is 2.34. The van der Waals surface area contributed by atoms with Gasteiger partial charge in [-0.15, -0.1) is 0 Å². The lowest BCUT2D eigenvalue weighted by molar-refractivity contribution is 0.0752. The van der Waals surface area contributed by atoms with Crippen molar-refractivity contribution in [1.82, 2.24) is 58.6 Å². The van der Waals surface area contributed by atoms with Gasteiger partial charge in [0.2, 0.25) is 0 Å². The van der Waals surface area contributed by atoms with E-state index in [1.54, 1.807) is 92.4 Å². The number of aldehydes is 3. The Balaban J connectivity index is 0.000000163. The quantitative estimate of drug-likeness (QED) is 0.0887. The van der Waals surface area contributed by atoms with Gasteiger partial charge in [0.15, 0.2) is 18.9 Å². The Hall–Kier alpha value is -8.35. The van der Waals surface area contributed by atoms with E-state index >= 15 is 0 Å². The van der Waals surface area contributed by atoms with Crippen molar-refractivity contribution in [3.8, 4) is 34.2 Å². The predicted molar refractivity (Wildman–Crippen MR) is 377 cm³/mol. The van der Waals surface area contributed by atoms with Crippen molar-refractivity contribution >= 4 is 119 Å². The van der Waals surface area contributed by atoms with Crippen LogP contribution in [-0.2, 0) is 42.0 Å². The molecule has 0 bridgehead atoms. The number of benzene rings is 3. The first kappa shape index (κ1) is 73.1. The van der Waals surface area contributed by atoms with Crippen molar-refractivity contribution in [3.63, 3.8) is 0 Å². The molecule has 486 valence electrons. The third-order valence-electron chi connectivity index (χ3n) is 14.5. The summed E-state index contributed by atoms with van der Waals surface area (Å²) >= 11 is 24.7. The maximum Gasteiger partial charge on any atom is 0.151 e. The molecule has 0 spiro atoms. The number of aliphatic hydroxyl groups is 1. The van der Waals surface area contributed by atoms with Crippen molar-refractivity contribution in [1.29, 1.82) is 0 Å². The molecular weight excluding hydrogens is 1390 g/mol. The third-order valence-corrected chi connectivity index (χ3v) is 16.5. The number of nitrogens with zero attached hydrogens (tertiary/aromatic N) is 12. The molecule has 9 aromatic heterocycles. The molecule has 0 aliphatic heterocycles. The number of aliphatic hydroxyl groups excluding tert-OH is 1. The summed E-state index contributed by atoms with van der Waals surface area (Å²) in [6.07, 6.45) is 22.7. The molecule has 19 nitrogen and oxygen atoms in total. The molecule has 9 heterocycles. The van der Waals surface area contributed by atoms with E-state index in [1.165, 1.54) is 0 Å². The molecule has 0 saturated heterocycles. The second-order valence-electron chi connectivity index (χ2n) is 20.4. The summed E-state index contributed by atoms with van der Waals surface area (Å²) in [5.41, 5.74) is 13.8. The molecule has 12 aromatic rings. The third kappa shape index (κ3) is 18.9. The maximum absolute atomic E-state index is 11.1. The molecule has 3 unspecified atom stereocenters. The fourth-order valence-corrected chi connectivity index (χ4v) is 11.1. The van der Waals surface area contributed by atoms with Crippen LogP contribution in [0.4, 0.5) is 0 Å². The molecule has 94 heavy (non-hydrogen) atoms. The standard InChI is InChI=1S/C17H18ClN3O.C14H12ClN3O.C14H10ClN3O.C10H13NO2.C9H12BrNO.C6H4BrNO/c1-4-22-11(2)13-7-8-19-10-14(13)17-20-15-6-5-12(18)9-16(15)21(17)3;2*1-18-13-6-10(15)2-3-12(13)17-14(18)11-7-16-5-4-9(11)8-19;1-3-13-8(2)10-4-5-11-6-9(10)7-12;1-3-12-7(2)8-4-5-11-6-9(8)10;7-6-3-8-2-1-5(6)4-9/h5-11H,4H2,1-3H3;2-7,19H,8H2,1H3;2-8H,1H3;4-8H,3H2,1-2H3;4-7H,3H2,1-2H3;1-4H. The van der Waals surface area contributed by atoms with Crippen LogP contribution in [0.15, 0.2) is 174 Å². The van der Waals surface area contributed by atoms with Crippen LogP contribution in [0.3, 0.4) is 0 Å². The summed E-state index contributed by atoms with van der Waals surface area (Å²) in [5, 5.41) is 11.4. The molecule has 12 rings (SSSR count). The lowest BCUT2D eigenvalue weighted by Crippen LogP contribution is -2.04. The highest BCUT2D eigenvalue weighted by Crippen LogP contribution is 2.33. The van der Waals surface area contributed by atoms with Crippen molar-refractivity contribution < 1.29 is 33.7 Å². The number of carbonyl (C=O) groups excluding carboxylic acids is 3. The molecule has 0 aliphatic carbocycles. The molecule has 0 aliphatic rings. The van der Waals surface area contributed by atoms with Gasteiger partial charge in [0.05, 0.1) is 58.0 Å². The van der Waals surface area contributed by atoms with Crippen LogP contribution in [0, 0.1) is 0 Å². The number of pyridine rings is 6. The van der Waals surface area contributed by atoms with Crippen molar-refractivity contribution in [2.75, 3.05) is 19.8 Å². The van der Waals surface area contributed by atoms with Gasteiger partial charge >= 0.3 is 0 Å². The first-order valence-corrected chi connectivity index (χ1v) is 32.3. The minimum atomic E-state index is -0.0480. The Labute approximate surface area is 576 Å². The van der Waals surface area contributed by atoms with Crippen molar-refractivity contribution in [2.45, 2.75) is 66.5 Å². The zero-order chi connectivity index (χ0) is 67.8. The summed E-state index contributed by atoms with van der Waals surface area (Å²) in [7, 11) is 5.81. The number of hydrogen-bond donors (Lipinski definition) is 1. The Morgan fingerprint density at radius 1 is 0.436 bits per heavy atom. The molecule has 0 radical (unpaired) electrons. The number of carbonyl (C=O) groups is 3. The predicted octanol–water partition coefficient (Wildman–Crippen LogP) is 16.9. The van der Waals surface area contributed by atoms with Gasteiger partial charge < -0.3 is 33.0 Å². The number of imidazole rings is 3. The molecule has 24 heteroatoms. The number of aromatic nitrogens is 12. The zero-order valence-corrected chi connectivity index (χ0v) is 58.5. The van der Waals surface area contributed by atoms with Crippen LogP contribution in [0.1, 0.15) is 113 Å². The fraction of sp³-hybridized carbons (Fsp3) is 0.229. The average Bonchev–Trinajstić information content (AvgIpc) is 1.65. The van der Waals surface area contributed by atoms with Gasteiger partial charge in [0.1, 0.15) is 17.5 Å². The van der Waals surface area contributed by atoms with E-state index in [9.17, 15) is 19.5 Å². The van der Waals surface area contributed by atoms with E-state index < -0.39 is 0 Å². The molecule has 0 amide bonds. The van der Waals surface area contributed by atoms with Gasteiger partial charge in [-0.05, 0) is 187 Å². The number of aryl methyl sites for hydroxylation is 3. The summed E-state index contributed by atoms with van der Waals surface area (Å²) in [6, 6.07) is 27.7.